The van der Waals surface area contributed by atoms with E-state index in [1.165, 1.54) is 0 Å². The molecule has 0 radical (unpaired) electrons. The minimum atomic E-state index is -0.602. The Morgan fingerprint density at radius 1 is 1.42 bits per heavy atom. The first-order valence-corrected chi connectivity index (χ1v) is 8.10. The van der Waals surface area contributed by atoms with Crippen LogP contribution in [0.4, 0.5) is 6.01 Å². The Kier molecular flexibility index (Phi) is 5.58. The molecule has 8 nitrogen and oxygen atoms in total. The van der Waals surface area contributed by atoms with E-state index >= 15 is 0 Å². The number of likely N-dealkylation sites (tertiary alicyclic amines) is 1. The molecular formula is C16H23N3O5. The monoisotopic (exact) mass is 337 g/mol. The average molecular weight is 337 g/mol. The first kappa shape index (κ1) is 18.0. The number of rotatable bonds is 6. The summed E-state index contributed by atoms with van der Waals surface area (Å²) in [5, 5.41) is 2.56. The number of ether oxygens (including phenoxy) is 1. The quantitative estimate of drug-likeness (QED) is 0.793. The van der Waals surface area contributed by atoms with Crippen molar-refractivity contribution in [2.75, 3.05) is 18.5 Å². The highest BCUT2D eigenvalue weighted by molar-refractivity contribution is 5.97. The third-order valence-corrected chi connectivity index (χ3v) is 3.84. The van der Waals surface area contributed by atoms with Crippen molar-refractivity contribution < 1.29 is 23.5 Å². The number of anilines is 1. The summed E-state index contributed by atoms with van der Waals surface area (Å²) in [6.45, 7) is 7.80. The maximum absolute atomic E-state index is 12.6. The zero-order chi connectivity index (χ0) is 17.9. The molecule has 1 aliphatic heterocycles. The fourth-order valence-electron chi connectivity index (χ4n) is 2.79. The molecule has 8 heteroatoms. The van der Waals surface area contributed by atoms with Gasteiger partial charge in [0.2, 0.25) is 5.91 Å². The van der Waals surface area contributed by atoms with Crippen molar-refractivity contribution in [3.63, 3.8) is 0 Å². The van der Waals surface area contributed by atoms with Gasteiger partial charge in [-0.1, -0.05) is 13.8 Å². The number of nitrogens with one attached hydrogen (secondary N) is 1. The molecule has 0 saturated carbocycles. The zero-order valence-corrected chi connectivity index (χ0v) is 14.4. The molecule has 1 saturated heterocycles. The second-order valence-electron chi connectivity index (χ2n) is 6.01. The van der Waals surface area contributed by atoms with Gasteiger partial charge in [0.1, 0.15) is 11.8 Å². The molecule has 1 aliphatic rings. The van der Waals surface area contributed by atoms with E-state index in [-0.39, 0.29) is 41.8 Å². The minimum absolute atomic E-state index is 0.0281. The van der Waals surface area contributed by atoms with Gasteiger partial charge in [0.05, 0.1) is 6.61 Å². The lowest BCUT2D eigenvalue weighted by Crippen LogP contribution is -2.48. The largest absolute Gasteiger partial charge is 0.461 e. The van der Waals surface area contributed by atoms with Crippen LogP contribution in [0.1, 0.15) is 49.9 Å². The molecule has 24 heavy (non-hydrogen) atoms. The summed E-state index contributed by atoms with van der Waals surface area (Å²) in [7, 11) is 0. The standard InChI is InChI=1S/C16H23N3O5/c1-5-23-15(22)12-10(4)24-16(17-12)18-14(21)13(9(2)3)19-8-6-7-11(19)20/h9,13H,5-8H2,1-4H3,(H,17,18,21). The summed E-state index contributed by atoms with van der Waals surface area (Å²) in [5.41, 5.74) is 0.0329. The van der Waals surface area contributed by atoms with E-state index in [4.69, 9.17) is 9.15 Å². The molecule has 132 valence electrons. The normalized spacial score (nSPS) is 15.7. The van der Waals surface area contributed by atoms with Gasteiger partial charge in [0, 0.05) is 13.0 Å². The number of amides is 2. The Labute approximate surface area is 140 Å². The van der Waals surface area contributed by atoms with Gasteiger partial charge >= 0.3 is 12.0 Å². The highest BCUT2D eigenvalue weighted by atomic mass is 16.5. The van der Waals surface area contributed by atoms with Gasteiger partial charge in [0.15, 0.2) is 5.69 Å². The summed E-state index contributed by atoms with van der Waals surface area (Å²) < 4.78 is 10.2. The van der Waals surface area contributed by atoms with Gasteiger partial charge in [-0.3, -0.25) is 14.9 Å². The minimum Gasteiger partial charge on any atom is -0.461 e. The summed E-state index contributed by atoms with van der Waals surface area (Å²) in [4.78, 5) is 41.8. The Balaban J connectivity index is 2.14. The van der Waals surface area contributed by atoms with Crippen LogP contribution in [0.15, 0.2) is 4.42 Å². The number of aryl methyl sites for hydroxylation is 1. The van der Waals surface area contributed by atoms with Crippen LogP contribution in [0, 0.1) is 12.8 Å². The van der Waals surface area contributed by atoms with Crippen molar-refractivity contribution in [1.29, 1.82) is 0 Å². The van der Waals surface area contributed by atoms with E-state index in [1.54, 1.807) is 18.7 Å². The number of esters is 1. The van der Waals surface area contributed by atoms with E-state index < -0.39 is 12.0 Å². The third-order valence-electron chi connectivity index (χ3n) is 3.84. The molecule has 1 aromatic rings. The molecule has 1 N–H and O–H groups in total. The number of hydrogen-bond donors (Lipinski definition) is 1. The molecule has 0 bridgehead atoms. The lowest BCUT2D eigenvalue weighted by atomic mass is 10.0. The molecule has 2 amide bonds. The van der Waals surface area contributed by atoms with Crippen molar-refractivity contribution in [2.45, 2.75) is 46.6 Å². The summed E-state index contributed by atoms with van der Waals surface area (Å²) in [6, 6.07) is -0.670. The van der Waals surface area contributed by atoms with Crippen molar-refractivity contribution in [3.05, 3.63) is 11.5 Å². The molecule has 1 atom stereocenters. The van der Waals surface area contributed by atoms with Crippen LogP contribution in [-0.4, -0.2) is 46.9 Å². The predicted octanol–water partition coefficient (Wildman–Crippen LogP) is 1.75. The van der Waals surface area contributed by atoms with Gasteiger partial charge in [-0.15, -0.1) is 0 Å². The van der Waals surface area contributed by atoms with Gasteiger partial charge in [-0.05, 0) is 26.2 Å². The maximum atomic E-state index is 12.6. The molecule has 2 heterocycles. The third kappa shape index (κ3) is 3.74. The number of carbonyl (C=O) groups is 3. The Hall–Kier alpha value is -2.38. The molecular weight excluding hydrogens is 314 g/mol. The Morgan fingerprint density at radius 3 is 2.67 bits per heavy atom. The van der Waals surface area contributed by atoms with Crippen molar-refractivity contribution in [3.8, 4) is 0 Å². The van der Waals surface area contributed by atoms with Crippen LogP contribution in [-0.2, 0) is 14.3 Å². The van der Waals surface area contributed by atoms with Gasteiger partial charge in [-0.2, -0.15) is 4.98 Å². The maximum Gasteiger partial charge on any atom is 0.360 e. The average Bonchev–Trinajstić information content (AvgIpc) is 3.06. The van der Waals surface area contributed by atoms with Crippen LogP contribution in [0.2, 0.25) is 0 Å². The molecule has 1 fully saturated rings. The number of nitrogens with zero attached hydrogens (tertiary/aromatic N) is 2. The van der Waals surface area contributed by atoms with Gasteiger partial charge in [0.25, 0.3) is 5.91 Å². The Morgan fingerprint density at radius 2 is 2.12 bits per heavy atom. The van der Waals surface area contributed by atoms with Crippen LogP contribution in [0.3, 0.4) is 0 Å². The fourth-order valence-corrected chi connectivity index (χ4v) is 2.79. The van der Waals surface area contributed by atoms with Crippen LogP contribution < -0.4 is 5.32 Å². The van der Waals surface area contributed by atoms with E-state index in [9.17, 15) is 14.4 Å². The van der Waals surface area contributed by atoms with Crippen LogP contribution in [0.25, 0.3) is 0 Å². The predicted molar refractivity (Wildman–Crippen MR) is 85.4 cm³/mol. The Bertz CT molecular complexity index is 638. The topological polar surface area (TPSA) is 102 Å². The first-order valence-electron chi connectivity index (χ1n) is 8.10. The second kappa shape index (κ2) is 7.46. The van der Waals surface area contributed by atoms with Gasteiger partial charge in [-0.25, -0.2) is 4.79 Å². The lowest BCUT2D eigenvalue weighted by molar-refractivity contribution is -0.136. The van der Waals surface area contributed by atoms with Gasteiger partial charge < -0.3 is 14.1 Å². The molecule has 1 aromatic heterocycles. The van der Waals surface area contributed by atoms with E-state index in [0.29, 0.717) is 13.0 Å². The number of aromatic nitrogens is 1. The lowest BCUT2D eigenvalue weighted by Gasteiger charge is -2.29. The number of oxazole rings is 1. The van der Waals surface area contributed by atoms with Crippen molar-refractivity contribution >= 4 is 23.8 Å². The van der Waals surface area contributed by atoms with Crippen molar-refractivity contribution in [2.24, 2.45) is 5.92 Å². The van der Waals surface area contributed by atoms with Crippen molar-refractivity contribution in [1.82, 2.24) is 9.88 Å². The highest BCUT2D eigenvalue weighted by Crippen LogP contribution is 2.21. The van der Waals surface area contributed by atoms with Crippen LogP contribution >= 0.6 is 0 Å². The zero-order valence-electron chi connectivity index (χ0n) is 14.4. The molecule has 2 rings (SSSR count). The molecule has 0 aliphatic carbocycles. The highest BCUT2D eigenvalue weighted by Gasteiger charge is 2.35. The van der Waals surface area contributed by atoms with E-state index in [0.717, 1.165) is 6.42 Å². The molecule has 0 aromatic carbocycles. The SMILES string of the molecule is CCOC(=O)c1nc(NC(=O)C(C(C)C)N2CCCC2=O)oc1C. The second-order valence-corrected chi connectivity index (χ2v) is 6.01. The smallest absolute Gasteiger partial charge is 0.360 e. The summed E-state index contributed by atoms with van der Waals surface area (Å²) in [6.07, 6.45) is 1.21. The summed E-state index contributed by atoms with van der Waals surface area (Å²) in [5.74, 6) is -0.805. The summed E-state index contributed by atoms with van der Waals surface area (Å²) >= 11 is 0. The van der Waals surface area contributed by atoms with E-state index in [2.05, 4.69) is 10.3 Å². The number of carbonyl (C=O) groups excluding carboxylic acids is 3. The number of hydrogen-bond acceptors (Lipinski definition) is 6. The molecule has 1 unspecified atom stereocenters. The first-order chi connectivity index (χ1) is 11.3. The van der Waals surface area contributed by atoms with E-state index in [1.807, 2.05) is 13.8 Å². The van der Waals surface area contributed by atoms with Crippen LogP contribution in [0.5, 0.6) is 0 Å². The molecule has 0 spiro atoms. The fraction of sp³-hybridized carbons (Fsp3) is 0.625.